The summed E-state index contributed by atoms with van der Waals surface area (Å²) >= 11 is 0. The van der Waals surface area contributed by atoms with Gasteiger partial charge in [0.1, 0.15) is 11.4 Å². The van der Waals surface area contributed by atoms with Crippen molar-refractivity contribution in [1.82, 2.24) is 0 Å². The summed E-state index contributed by atoms with van der Waals surface area (Å²) in [6.07, 6.45) is 5.41. The number of anilines is 1. The minimum absolute atomic E-state index is 0.0238. The molecule has 5 heteroatoms. The molecule has 3 N–H and O–H groups in total. The van der Waals surface area contributed by atoms with E-state index in [1.165, 1.54) is 24.8 Å². The maximum atomic E-state index is 12.0. The quantitative estimate of drug-likeness (QED) is 0.865. The second-order valence-corrected chi connectivity index (χ2v) is 7.59. The molecule has 24 heavy (non-hydrogen) atoms. The van der Waals surface area contributed by atoms with E-state index in [1.54, 1.807) is 7.11 Å². The Morgan fingerprint density at radius 1 is 1.25 bits per heavy atom. The Bertz CT molecular complexity index is 572. The van der Waals surface area contributed by atoms with Crippen molar-refractivity contribution in [2.75, 3.05) is 19.0 Å². The van der Waals surface area contributed by atoms with Crippen LogP contribution in [0.5, 0.6) is 5.75 Å². The van der Waals surface area contributed by atoms with E-state index in [4.69, 9.17) is 15.2 Å². The van der Waals surface area contributed by atoms with Crippen molar-refractivity contribution < 1.29 is 14.3 Å². The molecule has 0 spiro atoms. The summed E-state index contributed by atoms with van der Waals surface area (Å²) in [6, 6.07) is 5.93. The Morgan fingerprint density at radius 2 is 1.92 bits per heavy atom. The Balaban J connectivity index is 2.22. The fourth-order valence-corrected chi connectivity index (χ4v) is 3.38. The van der Waals surface area contributed by atoms with Crippen LogP contribution in [0.15, 0.2) is 18.2 Å². The van der Waals surface area contributed by atoms with E-state index in [1.807, 2.05) is 39.0 Å². The molecule has 0 saturated heterocycles. The molecule has 1 aliphatic carbocycles. The number of methoxy groups -OCH3 is 1. The summed E-state index contributed by atoms with van der Waals surface area (Å²) in [5.74, 6) is 0.636. The van der Waals surface area contributed by atoms with Crippen LogP contribution in [-0.4, -0.2) is 25.3 Å². The number of amides is 1. The van der Waals surface area contributed by atoms with Gasteiger partial charge in [-0.25, -0.2) is 4.79 Å². The smallest absolute Gasteiger partial charge is 0.412 e. The van der Waals surface area contributed by atoms with Crippen molar-refractivity contribution in [3.05, 3.63) is 23.8 Å². The third kappa shape index (κ3) is 4.41. The molecule has 2 rings (SSSR count). The number of hydrogen-bond acceptors (Lipinski definition) is 4. The fourth-order valence-electron chi connectivity index (χ4n) is 3.38. The number of ether oxygens (including phenoxy) is 2. The third-order valence-corrected chi connectivity index (χ3v) is 4.65. The summed E-state index contributed by atoms with van der Waals surface area (Å²) < 4.78 is 10.8. The van der Waals surface area contributed by atoms with Gasteiger partial charge in [-0.3, -0.25) is 5.32 Å². The molecule has 0 bridgehead atoms. The van der Waals surface area contributed by atoms with E-state index < -0.39 is 11.7 Å². The van der Waals surface area contributed by atoms with E-state index in [0.717, 1.165) is 12.8 Å². The molecule has 1 aliphatic rings. The molecule has 1 amide bonds. The monoisotopic (exact) mass is 334 g/mol. The number of benzene rings is 1. The Kier molecular flexibility index (Phi) is 5.75. The highest BCUT2D eigenvalue weighted by Crippen LogP contribution is 2.41. The standard InChI is InChI=1S/C19H30N2O3/c1-18(2,3)24-17(22)21-15-9-8-14(12-16(15)23-4)19(13-20)10-6-5-7-11-19/h8-9,12H,5-7,10-11,13,20H2,1-4H3,(H,21,22). The molecule has 1 fully saturated rings. The lowest BCUT2D eigenvalue weighted by Crippen LogP contribution is -2.37. The molecule has 0 aromatic heterocycles. The number of rotatable bonds is 4. The van der Waals surface area contributed by atoms with E-state index in [0.29, 0.717) is 18.0 Å². The highest BCUT2D eigenvalue weighted by atomic mass is 16.6. The van der Waals surface area contributed by atoms with Crippen LogP contribution in [0.3, 0.4) is 0 Å². The first-order valence-electron chi connectivity index (χ1n) is 8.68. The van der Waals surface area contributed by atoms with E-state index >= 15 is 0 Å². The number of carbonyl (C=O) groups excluding carboxylic acids is 1. The van der Waals surface area contributed by atoms with Gasteiger partial charge in [0.15, 0.2) is 0 Å². The second kappa shape index (κ2) is 7.43. The van der Waals surface area contributed by atoms with Gasteiger partial charge < -0.3 is 15.2 Å². The van der Waals surface area contributed by atoms with Crippen molar-refractivity contribution in [2.45, 2.75) is 63.9 Å². The fraction of sp³-hybridized carbons (Fsp3) is 0.632. The Morgan fingerprint density at radius 3 is 2.46 bits per heavy atom. The summed E-state index contributed by atoms with van der Waals surface area (Å²) in [5.41, 5.74) is 7.41. The van der Waals surface area contributed by atoms with Crippen LogP contribution in [0.1, 0.15) is 58.4 Å². The Hall–Kier alpha value is -1.75. The van der Waals surface area contributed by atoms with Gasteiger partial charge in [0.05, 0.1) is 12.8 Å². The number of nitrogens with one attached hydrogen (secondary N) is 1. The first-order valence-corrected chi connectivity index (χ1v) is 8.68. The molecular weight excluding hydrogens is 304 g/mol. The van der Waals surface area contributed by atoms with Gasteiger partial charge in [-0.1, -0.05) is 25.3 Å². The molecule has 0 radical (unpaired) electrons. The van der Waals surface area contributed by atoms with Gasteiger partial charge in [0.2, 0.25) is 0 Å². The van der Waals surface area contributed by atoms with Gasteiger partial charge in [-0.2, -0.15) is 0 Å². The molecular formula is C19H30N2O3. The zero-order chi connectivity index (χ0) is 17.8. The Labute approximate surface area is 144 Å². The zero-order valence-electron chi connectivity index (χ0n) is 15.3. The summed E-state index contributed by atoms with van der Waals surface area (Å²) in [7, 11) is 1.61. The number of nitrogens with two attached hydrogens (primary N) is 1. The maximum absolute atomic E-state index is 12.0. The molecule has 1 aromatic carbocycles. The van der Waals surface area contributed by atoms with Crippen molar-refractivity contribution in [3.8, 4) is 5.75 Å². The van der Waals surface area contributed by atoms with Crippen LogP contribution >= 0.6 is 0 Å². The van der Waals surface area contributed by atoms with E-state index in [-0.39, 0.29) is 5.41 Å². The van der Waals surface area contributed by atoms with Gasteiger partial charge in [0.25, 0.3) is 0 Å². The van der Waals surface area contributed by atoms with Crippen LogP contribution in [0.25, 0.3) is 0 Å². The van der Waals surface area contributed by atoms with Crippen molar-refractivity contribution in [1.29, 1.82) is 0 Å². The summed E-state index contributed by atoms with van der Waals surface area (Å²) in [6.45, 7) is 6.14. The van der Waals surface area contributed by atoms with Crippen LogP contribution < -0.4 is 15.8 Å². The van der Waals surface area contributed by atoms with Crippen LogP contribution in [0.2, 0.25) is 0 Å². The number of hydrogen-bond donors (Lipinski definition) is 2. The van der Waals surface area contributed by atoms with E-state index in [9.17, 15) is 4.79 Å². The lowest BCUT2D eigenvalue weighted by atomic mass is 9.69. The first kappa shape index (κ1) is 18.6. The molecule has 5 nitrogen and oxygen atoms in total. The van der Waals surface area contributed by atoms with Crippen molar-refractivity contribution in [2.24, 2.45) is 5.73 Å². The summed E-state index contributed by atoms with van der Waals surface area (Å²) in [5, 5.41) is 2.76. The minimum Gasteiger partial charge on any atom is -0.495 e. The van der Waals surface area contributed by atoms with Crippen molar-refractivity contribution in [3.63, 3.8) is 0 Å². The highest BCUT2D eigenvalue weighted by molar-refractivity contribution is 5.87. The lowest BCUT2D eigenvalue weighted by molar-refractivity contribution is 0.0635. The van der Waals surface area contributed by atoms with Crippen LogP contribution in [0.4, 0.5) is 10.5 Å². The topological polar surface area (TPSA) is 73.6 Å². The first-order chi connectivity index (χ1) is 11.3. The molecule has 0 unspecified atom stereocenters. The average molecular weight is 334 g/mol. The molecule has 0 aliphatic heterocycles. The molecule has 0 heterocycles. The van der Waals surface area contributed by atoms with Gasteiger partial charge >= 0.3 is 6.09 Å². The maximum Gasteiger partial charge on any atom is 0.412 e. The van der Waals surface area contributed by atoms with Gasteiger partial charge in [-0.05, 0) is 51.3 Å². The normalized spacial score (nSPS) is 17.2. The lowest BCUT2D eigenvalue weighted by Gasteiger charge is -2.37. The molecule has 1 aromatic rings. The predicted octanol–water partition coefficient (Wildman–Crippen LogP) is 4.20. The third-order valence-electron chi connectivity index (χ3n) is 4.65. The second-order valence-electron chi connectivity index (χ2n) is 7.59. The van der Waals surface area contributed by atoms with Crippen LogP contribution in [0, 0.1) is 0 Å². The number of carbonyl (C=O) groups is 1. The average Bonchev–Trinajstić information content (AvgIpc) is 2.54. The predicted molar refractivity (Wildman–Crippen MR) is 96.7 cm³/mol. The molecule has 0 atom stereocenters. The largest absolute Gasteiger partial charge is 0.495 e. The van der Waals surface area contributed by atoms with Crippen molar-refractivity contribution >= 4 is 11.8 Å². The minimum atomic E-state index is -0.539. The SMILES string of the molecule is COc1cc(C2(CN)CCCCC2)ccc1NC(=O)OC(C)(C)C. The highest BCUT2D eigenvalue weighted by Gasteiger charge is 2.33. The van der Waals surface area contributed by atoms with E-state index in [2.05, 4.69) is 5.32 Å². The zero-order valence-corrected chi connectivity index (χ0v) is 15.3. The van der Waals surface area contributed by atoms with Crippen LogP contribution in [-0.2, 0) is 10.2 Å². The molecule has 134 valence electrons. The van der Waals surface area contributed by atoms with Gasteiger partial charge in [-0.15, -0.1) is 0 Å². The van der Waals surface area contributed by atoms with Gasteiger partial charge in [0, 0.05) is 12.0 Å². The molecule has 1 saturated carbocycles. The summed E-state index contributed by atoms with van der Waals surface area (Å²) in [4.78, 5) is 12.0.